The van der Waals surface area contributed by atoms with E-state index < -0.39 is 0 Å². The van der Waals surface area contributed by atoms with Gasteiger partial charge in [0, 0.05) is 12.5 Å². The van der Waals surface area contributed by atoms with Gasteiger partial charge in [-0.1, -0.05) is 26.0 Å². The van der Waals surface area contributed by atoms with Gasteiger partial charge < -0.3 is 9.64 Å². The Morgan fingerprint density at radius 1 is 1.30 bits per heavy atom. The lowest BCUT2D eigenvalue weighted by molar-refractivity contribution is -0.155. The van der Waals surface area contributed by atoms with Crippen molar-refractivity contribution in [3.63, 3.8) is 0 Å². The Morgan fingerprint density at radius 2 is 2.10 bits per heavy atom. The van der Waals surface area contributed by atoms with E-state index in [1.807, 2.05) is 0 Å². The van der Waals surface area contributed by atoms with Gasteiger partial charge >= 0.3 is 5.97 Å². The number of carbonyl (C=O) groups is 1. The average molecular weight is 279 g/mol. The lowest BCUT2D eigenvalue weighted by Gasteiger charge is -2.23. The number of esters is 1. The maximum Gasteiger partial charge on any atom is 0.310 e. The van der Waals surface area contributed by atoms with Gasteiger partial charge in [-0.15, -0.1) is 0 Å². The third-order valence-corrected chi connectivity index (χ3v) is 4.92. The molecule has 0 aromatic heterocycles. The summed E-state index contributed by atoms with van der Waals surface area (Å²) in [5.74, 6) is 1.32. The van der Waals surface area contributed by atoms with Gasteiger partial charge in [0.05, 0.1) is 5.92 Å². The van der Waals surface area contributed by atoms with E-state index in [0.29, 0.717) is 11.8 Å². The predicted octanol–water partition coefficient (Wildman–Crippen LogP) is 3.25. The van der Waals surface area contributed by atoms with Gasteiger partial charge in [-0.05, 0) is 51.6 Å². The first-order chi connectivity index (χ1) is 9.61. The molecule has 0 aromatic rings. The summed E-state index contributed by atoms with van der Waals surface area (Å²) in [6.45, 7) is 6.33. The molecule has 1 saturated carbocycles. The first kappa shape index (κ1) is 15.6. The molecule has 0 spiro atoms. The van der Waals surface area contributed by atoms with Crippen LogP contribution in [0.1, 0.15) is 46.0 Å². The van der Waals surface area contributed by atoms with Crippen molar-refractivity contribution in [1.82, 2.24) is 4.90 Å². The first-order valence-electron chi connectivity index (χ1n) is 8.15. The zero-order valence-electron chi connectivity index (χ0n) is 13.2. The van der Waals surface area contributed by atoms with Crippen LogP contribution in [-0.2, 0) is 9.53 Å². The average Bonchev–Trinajstić information content (AvgIpc) is 2.99. The van der Waals surface area contributed by atoms with Crippen LogP contribution in [0.4, 0.5) is 0 Å². The van der Waals surface area contributed by atoms with E-state index in [2.05, 4.69) is 37.9 Å². The van der Waals surface area contributed by atoms with Gasteiger partial charge in [0.15, 0.2) is 0 Å². The van der Waals surface area contributed by atoms with Gasteiger partial charge in [0.25, 0.3) is 0 Å². The number of carbonyl (C=O) groups excluding carboxylic acids is 1. The summed E-state index contributed by atoms with van der Waals surface area (Å²) >= 11 is 0. The maximum atomic E-state index is 12.3. The largest absolute Gasteiger partial charge is 0.462 e. The Morgan fingerprint density at radius 3 is 2.75 bits per heavy atom. The van der Waals surface area contributed by atoms with Crippen molar-refractivity contribution in [1.29, 1.82) is 0 Å². The summed E-state index contributed by atoms with van der Waals surface area (Å²) in [6.07, 6.45) is 9.94. The number of allylic oxidation sites excluding steroid dienone is 2. The molecule has 0 bridgehead atoms. The van der Waals surface area contributed by atoms with Crippen LogP contribution >= 0.6 is 0 Å². The van der Waals surface area contributed by atoms with E-state index in [9.17, 15) is 4.79 Å². The number of hydrogen-bond donors (Lipinski definition) is 0. The Kier molecular flexibility index (Phi) is 5.64. The van der Waals surface area contributed by atoms with Crippen molar-refractivity contribution in [3.8, 4) is 0 Å². The fourth-order valence-electron chi connectivity index (χ4n) is 3.55. The summed E-state index contributed by atoms with van der Waals surface area (Å²) in [5, 5.41) is 0. The van der Waals surface area contributed by atoms with Gasteiger partial charge in [0.1, 0.15) is 6.10 Å². The van der Waals surface area contributed by atoms with Crippen LogP contribution in [0.3, 0.4) is 0 Å². The molecule has 2 rings (SSSR count). The van der Waals surface area contributed by atoms with Gasteiger partial charge in [-0.2, -0.15) is 0 Å². The molecule has 0 amide bonds. The molecule has 1 heterocycles. The molecular formula is C17H29NO2. The maximum absolute atomic E-state index is 12.3. The molecular weight excluding hydrogens is 250 g/mol. The van der Waals surface area contributed by atoms with Crippen molar-refractivity contribution in [2.45, 2.75) is 52.1 Å². The van der Waals surface area contributed by atoms with Gasteiger partial charge in [-0.25, -0.2) is 0 Å². The standard InChI is InChI=1S/C17H29NO2/c1-4-5-6-7-15-13(2)8-9-16(15)20-17(19)14-10-11-18(3)12-14/h5-6,13-16H,4,7-12H2,1-3H3/b6-5-. The number of ether oxygens (including phenoxy) is 1. The summed E-state index contributed by atoms with van der Waals surface area (Å²) in [6, 6.07) is 0. The van der Waals surface area contributed by atoms with Crippen molar-refractivity contribution in [3.05, 3.63) is 12.2 Å². The minimum Gasteiger partial charge on any atom is -0.462 e. The molecule has 1 aliphatic carbocycles. The highest BCUT2D eigenvalue weighted by atomic mass is 16.5. The Bertz CT molecular complexity index is 353. The Labute approximate surface area is 123 Å². The lowest BCUT2D eigenvalue weighted by atomic mass is 9.92. The van der Waals surface area contributed by atoms with Crippen LogP contribution in [0.15, 0.2) is 12.2 Å². The number of rotatable bonds is 5. The molecule has 4 unspecified atom stereocenters. The Balaban J connectivity index is 1.86. The van der Waals surface area contributed by atoms with E-state index in [4.69, 9.17) is 4.74 Å². The van der Waals surface area contributed by atoms with Crippen LogP contribution in [0, 0.1) is 17.8 Å². The van der Waals surface area contributed by atoms with Crippen molar-refractivity contribution in [2.24, 2.45) is 17.8 Å². The quantitative estimate of drug-likeness (QED) is 0.571. The lowest BCUT2D eigenvalue weighted by Crippen LogP contribution is -2.29. The van der Waals surface area contributed by atoms with Crippen LogP contribution in [0.2, 0.25) is 0 Å². The second-order valence-electron chi connectivity index (χ2n) is 6.56. The molecule has 2 fully saturated rings. The normalized spacial score (nSPS) is 35.0. The number of nitrogens with zero attached hydrogens (tertiary/aromatic N) is 1. The van der Waals surface area contributed by atoms with Gasteiger partial charge in [0.2, 0.25) is 0 Å². The summed E-state index contributed by atoms with van der Waals surface area (Å²) < 4.78 is 5.86. The second kappa shape index (κ2) is 7.26. The first-order valence-corrected chi connectivity index (χ1v) is 8.15. The molecule has 4 atom stereocenters. The molecule has 1 saturated heterocycles. The third-order valence-electron chi connectivity index (χ3n) is 4.92. The third kappa shape index (κ3) is 3.85. The molecule has 0 aromatic carbocycles. The highest BCUT2D eigenvalue weighted by molar-refractivity contribution is 5.73. The van der Waals surface area contributed by atoms with E-state index in [-0.39, 0.29) is 18.0 Å². The molecule has 3 nitrogen and oxygen atoms in total. The van der Waals surface area contributed by atoms with Crippen LogP contribution < -0.4 is 0 Å². The topological polar surface area (TPSA) is 29.5 Å². The van der Waals surface area contributed by atoms with E-state index in [1.165, 1.54) is 6.42 Å². The predicted molar refractivity (Wildman–Crippen MR) is 81.4 cm³/mol. The minimum absolute atomic E-state index is 0.0397. The van der Waals surface area contributed by atoms with Crippen LogP contribution in [0.25, 0.3) is 0 Å². The smallest absolute Gasteiger partial charge is 0.310 e. The summed E-state index contributed by atoms with van der Waals surface area (Å²) in [7, 11) is 2.07. The van der Waals surface area contributed by atoms with Gasteiger partial charge in [-0.3, -0.25) is 4.79 Å². The summed E-state index contributed by atoms with van der Waals surface area (Å²) in [4.78, 5) is 14.5. The monoisotopic (exact) mass is 279 g/mol. The van der Waals surface area contributed by atoms with E-state index in [0.717, 1.165) is 38.8 Å². The highest BCUT2D eigenvalue weighted by Gasteiger charge is 2.37. The molecule has 114 valence electrons. The molecule has 1 aliphatic heterocycles. The molecule has 0 N–H and O–H groups in total. The minimum atomic E-state index is 0.0397. The SMILES string of the molecule is CC/C=C\CC1C(C)CCC1OC(=O)C1CCN(C)C1. The second-order valence-corrected chi connectivity index (χ2v) is 6.56. The van der Waals surface area contributed by atoms with Crippen molar-refractivity contribution < 1.29 is 9.53 Å². The zero-order valence-corrected chi connectivity index (χ0v) is 13.2. The van der Waals surface area contributed by atoms with E-state index in [1.54, 1.807) is 0 Å². The molecule has 3 heteroatoms. The fourth-order valence-corrected chi connectivity index (χ4v) is 3.55. The van der Waals surface area contributed by atoms with E-state index >= 15 is 0 Å². The Hall–Kier alpha value is -0.830. The highest BCUT2D eigenvalue weighted by Crippen LogP contribution is 2.37. The zero-order chi connectivity index (χ0) is 14.5. The number of hydrogen-bond acceptors (Lipinski definition) is 3. The molecule has 0 radical (unpaired) electrons. The molecule has 20 heavy (non-hydrogen) atoms. The summed E-state index contributed by atoms with van der Waals surface area (Å²) in [5.41, 5.74) is 0. The van der Waals surface area contributed by atoms with Crippen molar-refractivity contribution in [2.75, 3.05) is 20.1 Å². The molecule has 2 aliphatic rings. The fraction of sp³-hybridized carbons (Fsp3) is 0.824. The van der Waals surface area contributed by atoms with Crippen LogP contribution in [-0.4, -0.2) is 37.1 Å². The van der Waals surface area contributed by atoms with Crippen molar-refractivity contribution >= 4 is 5.97 Å². The van der Waals surface area contributed by atoms with Crippen LogP contribution in [0.5, 0.6) is 0 Å². The number of likely N-dealkylation sites (tertiary alicyclic amines) is 1.